The minimum absolute atomic E-state index is 0.137. The Morgan fingerprint density at radius 2 is 1.53 bits per heavy atom. The molecule has 0 rings (SSSR count). The Bertz CT molecular complexity index is 209. The number of halogens is 4. The summed E-state index contributed by atoms with van der Waals surface area (Å²) in [6.45, 7) is 2.93. The second-order valence-electron chi connectivity index (χ2n) is 2.84. The predicted octanol–water partition coefficient (Wildman–Crippen LogP) is 0.207. The number of ketones is 1. The molecule has 0 aliphatic rings. The van der Waals surface area contributed by atoms with Gasteiger partial charge in [0, 0.05) is 0 Å². The number of rotatable bonds is 3. The van der Waals surface area contributed by atoms with Gasteiger partial charge in [-0.3, -0.25) is 4.79 Å². The van der Waals surface area contributed by atoms with Crippen molar-refractivity contribution < 1.29 is 37.7 Å². The SMILES string of the molecule is CC(=O)[C@@H](C)[C@@H]([NH3+])C(=O)O.F[B-](F)(F)F. The second-order valence-corrected chi connectivity index (χ2v) is 2.84. The standard InChI is InChI=1S/C6H11NO3.BF4/c1-3(4(2)8)5(7)6(9)10;2-1(3,4)5/h3,5H,7H2,1-2H3,(H,9,10);/q;-1/p+1/t3-,5-;/m1./s1. The zero-order valence-corrected chi connectivity index (χ0v) is 8.21. The Morgan fingerprint density at radius 1 is 1.27 bits per heavy atom. The lowest BCUT2D eigenvalue weighted by atomic mass is 9.99. The maximum Gasteiger partial charge on any atom is 0.673 e. The number of quaternary nitrogens is 1. The highest BCUT2D eigenvalue weighted by atomic mass is 19.5. The zero-order chi connectivity index (χ0) is 12.8. The van der Waals surface area contributed by atoms with Crippen LogP contribution in [0.3, 0.4) is 0 Å². The Labute approximate surface area is 83.5 Å². The van der Waals surface area contributed by atoms with E-state index in [1.165, 1.54) is 6.92 Å². The van der Waals surface area contributed by atoms with Gasteiger partial charge in [0.15, 0.2) is 6.04 Å². The highest BCUT2D eigenvalue weighted by Crippen LogP contribution is 2.06. The summed E-state index contributed by atoms with van der Waals surface area (Å²) in [5.41, 5.74) is 3.34. The molecule has 90 valence electrons. The molecule has 0 saturated carbocycles. The number of Topliss-reactive ketones (excluding diaryl/α,β-unsaturated/α-hetero) is 1. The maximum atomic E-state index is 10.6. The lowest BCUT2D eigenvalue weighted by molar-refractivity contribution is -0.415. The van der Waals surface area contributed by atoms with E-state index in [1.807, 2.05) is 0 Å². The van der Waals surface area contributed by atoms with Gasteiger partial charge in [-0.05, 0) is 13.8 Å². The van der Waals surface area contributed by atoms with E-state index in [0.29, 0.717) is 0 Å². The first kappa shape index (κ1) is 16.3. The highest BCUT2D eigenvalue weighted by molar-refractivity contribution is 6.50. The van der Waals surface area contributed by atoms with Crippen molar-refractivity contribution in [1.29, 1.82) is 0 Å². The van der Waals surface area contributed by atoms with Gasteiger partial charge in [0.2, 0.25) is 0 Å². The molecular formula is C6H12BF4NO3. The van der Waals surface area contributed by atoms with Gasteiger partial charge in [-0.15, -0.1) is 0 Å². The van der Waals surface area contributed by atoms with Crippen molar-refractivity contribution >= 4 is 19.0 Å². The molecular weight excluding hydrogens is 221 g/mol. The Balaban J connectivity index is 0. The Hall–Kier alpha value is -1.12. The first-order chi connectivity index (χ1) is 6.46. The molecule has 0 bridgehead atoms. The topological polar surface area (TPSA) is 82.0 Å². The van der Waals surface area contributed by atoms with Crippen LogP contribution in [0.25, 0.3) is 0 Å². The lowest BCUT2D eigenvalue weighted by Crippen LogP contribution is -2.68. The van der Waals surface area contributed by atoms with Crippen LogP contribution in [-0.2, 0) is 9.59 Å². The number of carbonyl (C=O) groups excluding carboxylic acids is 1. The molecule has 9 heteroatoms. The average Bonchev–Trinajstić information content (AvgIpc) is 1.98. The summed E-state index contributed by atoms with van der Waals surface area (Å²) < 4.78 is 39.0. The molecule has 4 N–H and O–H groups in total. The quantitative estimate of drug-likeness (QED) is 0.539. The maximum absolute atomic E-state index is 10.6. The number of carbonyl (C=O) groups is 2. The first-order valence-corrected chi connectivity index (χ1v) is 3.90. The molecule has 0 aliphatic carbocycles. The van der Waals surface area contributed by atoms with Gasteiger partial charge in [-0.25, -0.2) is 4.79 Å². The molecule has 0 spiro atoms. The highest BCUT2D eigenvalue weighted by Gasteiger charge is 2.26. The molecule has 0 aromatic carbocycles. The van der Waals surface area contributed by atoms with Crippen molar-refractivity contribution in [2.75, 3.05) is 0 Å². The minimum Gasteiger partial charge on any atom is -0.477 e. The molecule has 0 aliphatic heterocycles. The molecule has 0 fully saturated rings. The van der Waals surface area contributed by atoms with Crippen LogP contribution in [0.1, 0.15) is 13.8 Å². The van der Waals surface area contributed by atoms with Crippen LogP contribution in [0.2, 0.25) is 0 Å². The van der Waals surface area contributed by atoms with Crippen LogP contribution in [0.5, 0.6) is 0 Å². The fraction of sp³-hybridized carbons (Fsp3) is 0.667. The van der Waals surface area contributed by atoms with Gasteiger partial charge in [-0.1, -0.05) is 0 Å². The molecule has 2 atom stereocenters. The van der Waals surface area contributed by atoms with Crippen LogP contribution in [0.4, 0.5) is 17.3 Å². The van der Waals surface area contributed by atoms with Gasteiger partial charge < -0.3 is 28.1 Å². The van der Waals surface area contributed by atoms with E-state index >= 15 is 0 Å². The monoisotopic (exact) mass is 233 g/mol. The third-order valence-electron chi connectivity index (χ3n) is 1.56. The zero-order valence-electron chi connectivity index (χ0n) is 8.21. The van der Waals surface area contributed by atoms with E-state index in [-0.39, 0.29) is 5.78 Å². The van der Waals surface area contributed by atoms with E-state index < -0.39 is 25.2 Å². The summed E-state index contributed by atoms with van der Waals surface area (Å²) in [6, 6.07) is -0.822. The Kier molecular flexibility index (Phi) is 6.95. The number of carboxylic acid groups (broad SMARTS) is 1. The van der Waals surface area contributed by atoms with E-state index in [4.69, 9.17) is 5.11 Å². The predicted molar refractivity (Wildman–Crippen MR) is 44.3 cm³/mol. The minimum atomic E-state index is -6.00. The van der Waals surface area contributed by atoms with Gasteiger partial charge in [0.1, 0.15) is 5.78 Å². The molecule has 0 saturated heterocycles. The van der Waals surface area contributed by atoms with Crippen LogP contribution in [-0.4, -0.2) is 30.2 Å². The van der Waals surface area contributed by atoms with Gasteiger partial charge >= 0.3 is 13.2 Å². The number of aliphatic carboxylic acids is 1. The molecule has 0 unspecified atom stereocenters. The largest absolute Gasteiger partial charge is 0.673 e. The van der Waals surface area contributed by atoms with Gasteiger partial charge in [0.25, 0.3) is 0 Å². The number of hydrogen-bond acceptors (Lipinski definition) is 2. The van der Waals surface area contributed by atoms with Gasteiger partial charge in [0.05, 0.1) is 5.92 Å². The molecule has 4 nitrogen and oxygen atoms in total. The van der Waals surface area contributed by atoms with Crippen molar-refractivity contribution in [3.8, 4) is 0 Å². The normalized spacial score (nSPS) is 14.6. The van der Waals surface area contributed by atoms with Crippen LogP contribution >= 0.6 is 0 Å². The summed E-state index contributed by atoms with van der Waals surface area (Å²) in [4.78, 5) is 20.8. The fourth-order valence-electron chi connectivity index (χ4n) is 0.497. The summed E-state index contributed by atoms with van der Waals surface area (Å²) in [5, 5.41) is 8.39. The number of hydrogen-bond donors (Lipinski definition) is 2. The molecule has 0 radical (unpaired) electrons. The Morgan fingerprint density at radius 3 is 1.60 bits per heavy atom. The summed E-state index contributed by atoms with van der Waals surface area (Å²) >= 11 is 0. The van der Waals surface area contributed by atoms with Crippen molar-refractivity contribution in [1.82, 2.24) is 0 Å². The van der Waals surface area contributed by atoms with Crippen molar-refractivity contribution in [3.63, 3.8) is 0 Å². The fourth-order valence-corrected chi connectivity index (χ4v) is 0.497. The molecule has 0 amide bonds. The van der Waals surface area contributed by atoms with E-state index in [1.54, 1.807) is 6.92 Å². The third kappa shape index (κ3) is 12.9. The average molecular weight is 233 g/mol. The first-order valence-electron chi connectivity index (χ1n) is 3.90. The summed E-state index contributed by atoms with van der Waals surface area (Å²) in [6.07, 6.45) is 0. The lowest BCUT2D eigenvalue weighted by Gasteiger charge is -2.07. The molecule has 0 aromatic heterocycles. The van der Waals surface area contributed by atoms with Gasteiger partial charge in [-0.2, -0.15) is 0 Å². The summed E-state index contributed by atoms with van der Waals surface area (Å²) in [5.74, 6) is -1.65. The smallest absolute Gasteiger partial charge is 0.477 e. The summed E-state index contributed by atoms with van der Waals surface area (Å²) in [7, 11) is -6.00. The van der Waals surface area contributed by atoms with Crippen LogP contribution < -0.4 is 5.73 Å². The second kappa shape index (κ2) is 6.38. The van der Waals surface area contributed by atoms with Crippen LogP contribution in [0.15, 0.2) is 0 Å². The third-order valence-corrected chi connectivity index (χ3v) is 1.56. The molecule has 15 heavy (non-hydrogen) atoms. The van der Waals surface area contributed by atoms with Crippen molar-refractivity contribution in [3.05, 3.63) is 0 Å². The van der Waals surface area contributed by atoms with Crippen LogP contribution in [0, 0.1) is 5.92 Å². The van der Waals surface area contributed by atoms with E-state index in [0.717, 1.165) is 0 Å². The van der Waals surface area contributed by atoms with Crippen molar-refractivity contribution in [2.24, 2.45) is 5.92 Å². The molecule has 0 aromatic rings. The van der Waals surface area contributed by atoms with E-state index in [2.05, 4.69) is 5.73 Å². The van der Waals surface area contributed by atoms with Crippen molar-refractivity contribution in [2.45, 2.75) is 19.9 Å². The van der Waals surface area contributed by atoms with E-state index in [9.17, 15) is 26.9 Å². The molecule has 0 heterocycles. The number of carboxylic acids is 1.